The number of carboxylic acid groups (broad SMARTS) is 2. The second kappa shape index (κ2) is 13.1. The molecule has 0 aromatic heterocycles. The maximum atomic E-state index is 12.9. The van der Waals surface area contributed by atoms with Crippen LogP contribution in [0.15, 0.2) is 54.6 Å². The van der Waals surface area contributed by atoms with Gasteiger partial charge in [-0.25, -0.2) is 14.4 Å². The lowest BCUT2D eigenvalue weighted by Gasteiger charge is -2.20. The zero-order valence-corrected chi connectivity index (χ0v) is 22.6. The van der Waals surface area contributed by atoms with E-state index in [9.17, 15) is 24.3 Å². The smallest absolute Gasteiger partial charge is 0.339 e. The number of amides is 3. The Morgan fingerprint density at radius 1 is 0.900 bits per heavy atom. The van der Waals surface area contributed by atoms with Crippen molar-refractivity contribution in [2.75, 3.05) is 37.9 Å². The number of rotatable bonds is 11. The molecule has 3 rings (SSSR count). The third-order valence-electron chi connectivity index (χ3n) is 6.27. The molecule has 0 atom stereocenters. The van der Waals surface area contributed by atoms with E-state index >= 15 is 0 Å². The molecule has 40 heavy (non-hydrogen) atoms. The summed E-state index contributed by atoms with van der Waals surface area (Å²) in [5.41, 5.74) is 3.00. The van der Waals surface area contributed by atoms with E-state index in [4.69, 9.17) is 14.6 Å². The van der Waals surface area contributed by atoms with Crippen molar-refractivity contribution < 1.29 is 38.9 Å². The molecule has 0 aliphatic carbocycles. The zero-order chi connectivity index (χ0) is 29.4. The van der Waals surface area contributed by atoms with Crippen LogP contribution in [0.4, 0.5) is 16.2 Å². The highest BCUT2D eigenvalue weighted by Crippen LogP contribution is 2.32. The van der Waals surface area contributed by atoms with Crippen molar-refractivity contribution in [3.05, 3.63) is 82.4 Å². The number of ether oxygens (including phenoxy) is 2. The molecular formula is C29H31N3O8. The van der Waals surface area contributed by atoms with Crippen LogP contribution in [0.5, 0.6) is 11.5 Å². The fourth-order valence-corrected chi connectivity index (χ4v) is 3.95. The van der Waals surface area contributed by atoms with Gasteiger partial charge in [0.25, 0.3) is 0 Å². The van der Waals surface area contributed by atoms with E-state index in [0.29, 0.717) is 28.3 Å². The monoisotopic (exact) mass is 549 g/mol. The van der Waals surface area contributed by atoms with E-state index in [1.54, 1.807) is 32.2 Å². The van der Waals surface area contributed by atoms with Crippen LogP contribution in [-0.4, -0.2) is 66.3 Å². The Kier molecular flexibility index (Phi) is 9.69. The molecule has 3 aromatic carbocycles. The first kappa shape index (κ1) is 29.5. The van der Waals surface area contributed by atoms with Gasteiger partial charge in [-0.2, -0.15) is 0 Å². The summed E-state index contributed by atoms with van der Waals surface area (Å²) >= 11 is 0. The van der Waals surface area contributed by atoms with Gasteiger partial charge in [-0.3, -0.25) is 4.79 Å². The number of para-hydroxylation sites is 1. The summed E-state index contributed by atoms with van der Waals surface area (Å²) in [4.78, 5) is 49.5. The molecule has 11 nitrogen and oxygen atoms in total. The predicted molar refractivity (Wildman–Crippen MR) is 149 cm³/mol. The van der Waals surface area contributed by atoms with Crippen LogP contribution in [0.3, 0.4) is 0 Å². The van der Waals surface area contributed by atoms with E-state index in [-0.39, 0.29) is 42.4 Å². The largest absolute Gasteiger partial charge is 0.494 e. The number of aromatic carboxylic acids is 2. The molecule has 0 aliphatic heterocycles. The van der Waals surface area contributed by atoms with Crippen LogP contribution >= 0.6 is 0 Å². The lowest BCUT2D eigenvalue weighted by Crippen LogP contribution is -2.32. The number of urea groups is 1. The molecule has 3 aromatic rings. The third kappa shape index (κ3) is 7.28. The van der Waals surface area contributed by atoms with Gasteiger partial charge in [0.05, 0.1) is 31.3 Å². The number of hydrogen-bond donors (Lipinski definition) is 4. The van der Waals surface area contributed by atoms with Crippen molar-refractivity contribution in [2.45, 2.75) is 20.3 Å². The number of methoxy groups -OCH3 is 1. The first-order valence-electron chi connectivity index (χ1n) is 12.3. The van der Waals surface area contributed by atoms with Gasteiger partial charge in [-0.1, -0.05) is 24.3 Å². The molecule has 0 saturated carbocycles. The highest BCUT2D eigenvalue weighted by atomic mass is 16.5. The van der Waals surface area contributed by atoms with Crippen molar-refractivity contribution in [3.63, 3.8) is 0 Å². The second-order valence-corrected chi connectivity index (χ2v) is 8.99. The van der Waals surface area contributed by atoms with Crippen molar-refractivity contribution in [2.24, 2.45) is 0 Å². The molecule has 0 heterocycles. The maximum Gasteiger partial charge on any atom is 0.339 e. The lowest BCUT2D eigenvalue weighted by molar-refractivity contribution is -0.129. The van der Waals surface area contributed by atoms with E-state index in [0.717, 1.165) is 11.6 Å². The standard InChI is InChI=1S/C29H31N3O8/c1-17-7-5-6-8-22(17)30-29(38)31-23-11-9-19(18(2)26(23)39-4)16-25(33)32(3)13-14-40-24-12-10-20(27(34)35)15-21(24)28(36)37/h5-12,15H,13-14,16H2,1-4H3,(H,34,35)(H,36,37)(H2,30,31,38). The molecule has 210 valence electrons. The summed E-state index contributed by atoms with van der Waals surface area (Å²) in [6, 6.07) is 13.9. The molecule has 11 heteroatoms. The summed E-state index contributed by atoms with van der Waals surface area (Å²) in [5.74, 6) is -2.35. The predicted octanol–water partition coefficient (Wildman–Crippen LogP) is 4.43. The molecule has 0 radical (unpaired) electrons. The normalized spacial score (nSPS) is 10.4. The topological polar surface area (TPSA) is 154 Å². The number of nitrogens with one attached hydrogen (secondary N) is 2. The van der Waals surface area contributed by atoms with Crippen LogP contribution in [0.25, 0.3) is 0 Å². The lowest BCUT2D eigenvalue weighted by atomic mass is 10.0. The quantitative estimate of drug-likeness (QED) is 0.274. The van der Waals surface area contributed by atoms with Crippen LogP contribution in [0.1, 0.15) is 37.4 Å². The van der Waals surface area contributed by atoms with Gasteiger partial charge in [0, 0.05) is 12.7 Å². The number of likely N-dealkylation sites (N-methyl/N-ethyl adjacent to an activating group) is 1. The summed E-state index contributed by atoms with van der Waals surface area (Å²) in [6.07, 6.45) is 0.0576. The minimum absolute atomic E-state index is 0.00387. The summed E-state index contributed by atoms with van der Waals surface area (Å²) < 4.78 is 11.1. The Hall–Kier alpha value is -5.06. The van der Waals surface area contributed by atoms with Crippen LogP contribution < -0.4 is 20.1 Å². The van der Waals surface area contributed by atoms with E-state index in [1.165, 1.54) is 24.1 Å². The van der Waals surface area contributed by atoms with Crippen molar-refractivity contribution in [1.82, 2.24) is 4.90 Å². The van der Waals surface area contributed by atoms with Crippen molar-refractivity contribution in [1.29, 1.82) is 0 Å². The molecule has 0 unspecified atom stereocenters. The number of benzene rings is 3. The fraction of sp³-hybridized carbons (Fsp3) is 0.241. The maximum absolute atomic E-state index is 12.9. The molecule has 0 bridgehead atoms. The number of aryl methyl sites for hydroxylation is 1. The number of carboxylic acids is 2. The van der Waals surface area contributed by atoms with Gasteiger partial charge in [-0.05, 0) is 60.9 Å². The molecule has 0 aliphatic rings. The molecule has 0 fully saturated rings. The Balaban J connectivity index is 1.61. The molecular weight excluding hydrogens is 518 g/mol. The average Bonchev–Trinajstić information content (AvgIpc) is 2.91. The summed E-state index contributed by atoms with van der Waals surface area (Å²) in [6.45, 7) is 3.84. The molecule has 0 spiro atoms. The molecule has 3 amide bonds. The van der Waals surface area contributed by atoms with E-state index < -0.39 is 18.0 Å². The first-order chi connectivity index (χ1) is 19.0. The van der Waals surface area contributed by atoms with E-state index in [1.807, 2.05) is 25.1 Å². The van der Waals surface area contributed by atoms with Gasteiger partial charge in [0.2, 0.25) is 5.91 Å². The Morgan fingerprint density at radius 2 is 1.60 bits per heavy atom. The first-order valence-corrected chi connectivity index (χ1v) is 12.3. The van der Waals surface area contributed by atoms with Crippen molar-refractivity contribution in [3.8, 4) is 11.5 Å². The molecule has 4 N–H and O–H groups in total. The minimum atomic E-state index is -1.32. The number of nitrogens with zero attached hydrogens (tertiary/aromatic N) is 1. The average molecular weight is 550 g/mol. The van der Waals surface area contributed by atoms with Gasteiger partial charge >= 0.3 is 18.0 Å². The highest BCUT2D eigenvalue weighted by molar-refractivity contribution is 6.01. The SMILES string of the molecule is COc1c(NC(=O)Nc2ccccc2C)ccc(CC(=O)N(C)CCOc2ccc(C(=O)O)cc2C(=O)O)c1C. The van der Waals surface area contributed by atoms with Crippen LogP contribution in [-0.2, 0) is 11.2 Å². The number of carbonyl (C=O) groups is 4. The summed E-state index contributed by atoms with van der Waals surface area (Å²) in [7, 11) is 3.08. The van der Waals surface area contributed by atoms with Crippen molar-refractivity contribution >= 4 is 35.3 Å². The highest BCUT2D eigenvalue weighted by Gasteiger charge is 2.19. The molecule has 0 saturated heterocycles. The third-order valence-corrected chi connectivity index (χ3v) is 6.27. The zero-order valence-electron chi connectivity index (χ0n) is 22.6. The van der Waals surface area contributed by atoms with Gasteiger partial charge in [-0.15, -0.1) is 0 Å². The van der Waals surface area contributed by atoms with Crippen LogP contribution in [0, 0.1) is 13.8 Å². The Morgan fingerprint density at radius 3 is 2.25 bits per heavy atom. The van der Waals surface area contributed by atoms with Gasteiger partial charge < -0.3 is 35.2 Å². The number of carbonyl (C=O) groups excluding carboxylic acids is 2. The Labute approximate surface area is 231 Å². The minimum Gasteiger partial charge on any atom is -0.494 e. The number of hydrogen-bond acceptors (Lipinski definition) is 6. The van der Waals surface area contributed by atoms with Crippen LogP contribution in [0.2, 0.25) is 0 Å². The van der Waals surface area contributed by atoms with Gasteiger partial charge in [0.15, 0.2) is 0 Å². The summed E-state index contributed by atoms with van der Waals surface area (Å²) in [5, 5.41) is 24.0. The second-order valence-electron chi connectivity index (χ2n) is 8.99. The fourth-order valence-electron chi connectivity index (χ4n) is 3.95. The Bertz CT molecular complexity index is 1440. The van der Waals surface area contributed by atoms with Gasteiger partial charge in [0.1, 0.15) is 23.7 Å². The van der Waals surface area contributed by atoms with E-state index in [2.05, 4.69) is 10.6 Å². The number of anilines is 2.